The number of anilines is 4. The van der Waals surface area contributed by atoms with Crippen molar-refractivity contribution >= 4 is 40.3 Å². The maximum Gasteiger partial charge on any atom is 0.353 e. The van der Waals surface area contributed by atoms with Gasteiger partial charge in [-0.15, -0.1) is 0 Å². The van der Waals surface area contributed by atoms with E-state index in [9.17, 15) is 18.9 Å². The lowest BCUT2D eigenvalue weighted by atomic mass is 10.2. The molecule has 28 heavy (non-hydrogen) atoms. The molecule has 3 aromatic rings. The van der Waals surface area contributed by atoms with E-state index >= 15 is 0 Å². The van der Waals surface area contributed by atoms with Gasteiger partial charge in [0.1, 0.15) is 23.7 Å². The summed E-state index contributed by atoms with van der Waals surface area (Å²) in [5.74, 6) is -1.80. The predicted octanol–water partition coefficient (Wildman–Crippen LogP) is 4.81. The molecule has 0 atom stereocenters. The smallest absolute Gasteiger partial charge is 0.353 e. The van der Waals surface area contributed by atoms with Crippen molar-refractivity contribution in [3.63, 3.8) is 0 Å². The van der Waals surface area contributed by atoms with Crippen molar-refractivity contribution < 1.29 is 18.4 Å². The number of nitro groups is 1. The number of hydrogen-bond acceptors (Lipinski definition) is 7. The molecular weight excluding hydrogens is 396 g/mol. The lowest BCUT2D eigenvalue weighted by Crippen LogP contribution is -2.06. The first-order valence-electron chi connectivity index (χ1n) is 7.71. The summed E-state index contributed by atoms with van der Waals surface area (Å²) in [6.45, 7) is 0. The van der Waals surface area contributed by atoms with Crippen molar-refractivity contribution in [3.05, 3.63) is 69.5 Å². The van der Waals surface area contributed by atoms with E-state index < -0.39 is 22.2 Å². The van der Waals surface area contributed by atoms with Crippen LogP contribution in [0.1, 0.15) is 0 Å². The molecule has 0 saturated carbocycles. The van der Waals surface area contributed by atoms with Crippen LogP contribution in [0.15, 0.2) is 42.7 Å². The predicted molar refractivity (Wildman–Crippen MR) is 99.6 cm³/mol. The Morgan fingerprint density at radius 2 is 1.75 bits per heavy atom. The maximum absolute atomic E-state index is 13.9. The third kappa shape index (κ3) is 4.07. The van der Waals surface area contributed by atoms with Crippen molar-refractivity contribution in [2.24, 2.45) is 0 Å². The first-order valence-corrected chi connectivity index (χ1v) is 8.09. The summed E-state index contributed by atoms with van der Waals surface area (Å²) in [6.07, 6.45) is 1.05. The third-order valence-corrected chi connectivity index (χ3v) is 3.84. The Kier molecular flexibility index (Phi) is 5.50. The van der Waals surface area contributed by atoms with Gasteiger partial charge in [0.15, 0.2) is 0 Å². The minimum atomic E-state index is -0.932. The van der Waals surface area contributed by atoms with E-state index in [2.05, 4.69) is 20.6 Å². The first-order chi connectivity index (χ1) is 13.4. The fraction of sp³-hybridized carbons (Fsp3) is 0.0588. The molecule has 2 aromatic carbocycles. The molecule has 2 N–H and O–H groups in total. The SMILES string of the molecule is COc1ccc(Cl)cc1Nc1ncnc(Nc2ccc(F)cc2F)c1[N+](=O)[O-]. The van der Waals surface area contributed by atoms with Crippen molar-refractivity contribution in [1.29, 1.82) is 0 Å². The average Bonchev–Trinajstić information content (AvgIpc) is 2.64. The lowest BCUT2D eigenvalue weighted by Gasteiger charge is -2.13. The van der Waals surface area contributed by atoms with Gasteiger partial charge in [-0.3, -0.25) is 10.1 Å². The Balaban J connectivity index is 2.03. The summed E-state index contributed by atoms with van der Waals surface area (Å²) in [4.78, 5) is 18.6. The summed E-state index contributed by atoms with van der Waals surface area (Å²) in [7, 11) is 1.42. The average molecular weight is 408 g/mol. The van der Waals surface area contributed by atoms with Crippen LogP contribution in [0.25, 0.3) is 0 Å². The largest absolute Gasteiger partial charge is 0.495 e. The van der Waals surface area contributed by atoms with E-state index in [1.807, 2.05) is 0 Å². The molecule has 0 radical (unpaired) electrons. The fourth-order valence-electron chi connectivity index (χ4n) is 2.36. The van der Waals surface area contributed by atoms with Crippen LogP contribution in [-0.2, 0) is 0 Å². The quantitative estimate of drug-likeness (QED) is 0.446. The zero-order valence-corrected chi connectivity index (χ0v) is 15.0. The number of rotatable bonds is 6. The lowest BCUT2D eigenvalue weighted by molar-refractivity contribution is -0.383. The van der Waals surface area contributed by atoms with Crippen molar-refractivity contribution in [1.82, 2.24) is 9.97 Å². The zero-order valence-electron chi connectivity index (χ0n) is 14.2. The molecule has 0 fully saturated rings. The molecule has 144 valence electrons. The molecule has 1 heterocycles. The van der Waals surface area contributed by atoms with Gasteiger partial charge in [0.2, 0.25) is 11.6 Å². The first kappa shape index (κ1) is 19.2. The maximum atomic E-state index is 13.9. The number of benzene rings is 2. The number of hydrogen-bond donors (Lipinski definition) is 2. The van der Waals surface area contributed by atoms with E-state index in [0.717, 1.165) is 18.5 Å². The van der Waals surface area contributed by atoms with Crippen LogP contribution < -0.4 is 15.4 Å². The van der Waals surface area contributed by atoms with Crippen LogP contribution in [-0.4, -0.2) is 22.0 Å². The van der Waals surface area contributed by atoms with Gasteiger partial charge in [-0.25, -0.2) is 18.7 Å². The molecule has 11 heteroatoms. The standard InChI is InChI=1S/C17H12ClF2N5O3/c1-28-14-5-2-9(18)6-13(14)24-17-15(25(26)27)16(21-8-22-17)23-12-4-3-10(19)7-11(12)20/h2-8H,1H3,(H2,21,22,23,24). The Labute approximate surface area is 162 Å². The molecule has 0 unspecified atom stereocenters. The summed E-state index contributed by atoms with van der Waals surface area (Å²) >= 11 is 5.96. The summed E-state index contributed by atoms with van der Waals surface area (Å²) in [6, 6.07) is 7.41. The minimum absolute atomic E-state index is 0.175. The van der Waals surface area contributed by atoms with E-state index in [4.69, 9.17) is 16.3 Å². The number of methoxy groups -OCH3 is 1. The van der Waals surface area contributed by atoms with Gasteiger partial charge in [0.25, 0.3) is 0 Å². The second kappa shape index (κ2) is 8.01. The number of aromatic nitrogens is 2. The van der Waals surface area contributed by atoms with E-state index in [-0.39, 0.29) is 17.3 Å². The highest BCUT2D eigenvalue weighted by Crippen LogP contribution is 2.36. The van der Waals surface area contributed by atoms with Crippen LogP contribution in [0.5, 0.6) is 5.75 Å². The van der Waals surface area contributed by atoms with Crippen molar-refractivity contribution in [2.45, 2.75) is 0 Å². The van der Waals surface area contributed by atoms with Crippen LogP contribution in [0.4, 0.5) is 37.5 Å². The van der Waals surface area contributed by atoms with Crippen LogP contribution in [0.2, 0.25) is 5.02 Å². The normalized spacial score (nSPS) is 10.4. The molecule has 0 aliphatic carbocycles. The molecule has 8 nitrogen and oxygen atoms in total. The molecule has 0 bridgehead atoms. The van der Waals surface area contributed by atoms with Gasteiger partial charge < -0.3 is 15.4 Å². The van der Waals surface area contributed by atoms with E-state index in [1.165, 1.54) is 13.2 Å². The summed E-state index contributed by atoms with van der Waals surface area (Å²) in [5, 5.41) is 17.2. The van der Waals surface area contributed by atoms with E-state index in [1.54, 1.807) is 12.1 Å². The molecule has 3 rings (SSSR count). The second-order valence-corrected chi connectivity index (χ2v) is 5.83. The molecule has 0 spiro atoms. The van der Waals surface area contributed by atoms with Crippen LogP contribution >= 0.6 is 11.6 Å². The molecule has 1 aromatic heterocycles. The van der Waals surface area contributed by atoms with Gasteiger partial charge in [-0.2, -0.15) is 0 Å². The van der Waals surface area contributed by atoms with Crippen molar-refractivity contribution in [2.75, 3.05) is 17.7 Å². The summed E-state index contributed by atoms with van der Waals surface area (Å²) < 4.78 is 32.2. The Hall–Kier alpha value is -3.53. The molecular formula is C17H12ClF2N5O3. The number of nitrogens with zero attached hydrogens (tertiary/aromatic N) is 3. The van der Waals surface area contributed by atoms with Crippen LogP contribution in [0.3, 0.4) is 0 Å². The Morgan fingerprint density at radius 1 is 1.07 bits per heavy atom. The highest BCUT2D eigenvalue weighted by atomic mass is 35.5. The molecule has 0 aliphatic rings. The highest BCUT2D eigenvalue weighted by Gasteiger charge is 2.25. The van der Waals surface area contributed by atoms with Gasteiger partial charge in [0.05, 0.1) is 23.4 Å². The highest BCUT2D eigenvalue weighted by molar-refractivity contribution is 6.31. The molecule has 0 amide bonds. The van der Waals surface area contributed by atoms with Gasteiger partial charge in [0, 0.05) is 11.1 Å². The van der Waals surface area contributed by atoms with Gasteiger partial charge in [-0.1, -0.05) is 11.6 Å². The van der Waals surface area contributed by atoms with Crippen LogP contribution in [0, 0.1) is 21.7 Å². The number of ether oxygens (including phenoxy) is 1. The van der Waals surface area contributed by atoms with Gasteiger partial charge >= 0.3 is 5.69 Å². The Bertz CT molecular complexity index is 1050. The number of nitrogens with one attached hydrogen (secondary N) is 2. The van der Waals surface area contributed by atoms with E-state index in [0.29, 0.717) is 22.5 Å². The minimum Gasteiger partial charge on any atom is -0.495 e. The molecule has 0 aliphatic heterocycles. The fourth-order valence-corrected chi connectivity index (χ4v) is 2.53. The monoisotopic (exact) mass is 407 g/mol. The van der Waals surface area contributed by atoms with Crippen molar-refractivity contribution in [3.8, 4) is 5.75 Å². The zero-order chi connectivity index (χ0) is 20.3. The second-order valence-electron chi connectivity index (χ2n) is 5.40. The molecule has 0 saturated heterocycles. The van der Waals surface area contributed by atoms with Gasteiger partial charge in [-0.05, 0) is 30.3 Å². The number of halogens is 3. The topological polar surface area (TPSA) is 102 Å². The Morgan fingerprint density at radius 3 is 2.36 bits per heavy atom. The summed E-state index contributed by atoms with van der Waals surface area (Å²) in [5.41, 5.74) is -0.404. The third-order valence-electron chi connectivity index (χ3n) is 3.60.